The number of anilines is 1. The molecule has 2 N–H and O–H groups in total. The summed E-state index contributed by atoms with van der Waals surface area (Å²) in [6.45, 7) is -0.594. The van der Waals surface area contributed by atoms with Crippen molar-refractivity contribution in [1.82, 2.24) is 10.6 Å². The molecule has 2 aromatic carbocycles. The average molecular weight is 671 g/mol. The number of benzene rings is 2. The number of carbonyl (C=O) groups is 1. The lowest BCUT2D eigenvalue weighted by Gasteiger charge is -2.30. The molecule has 1 heterocycles. The van der Waals surface area contributed by atoms with Crippen molar-refractivity contribution in [3.05, 3.63) is 59.7 Å². The van der Waals surface area contributed by atoms with Crippen molar-refractivity contribution in [3.8, 4) is 6.07 Å². The van der Waals surface area contributed by atoms with Crippen molar-refractivity contribution in [2.24, 2.45) is 11.8 Å². The lowest BCUT2D eigenvalue weighted by atomic mass is 9.81. The second-order valence-electron chi connectivity index (χ2n) is 11.9. The van der Waals surface area contributed by atoms with Gasteiger partial charge in [-0.1, -0.05) is 19.1 Å². The summed E-state index contributed by atoms with van der Waals surface area (Å²) in [6, 6.07) is 13.5. The molecule has 0 unspecified atom stereocenters. The Hall–Kier alpha value is -3.28. The van der Waals surface area contributed by atoms with Crippen LogP contribution in [0.25, 0.3) is 0 Å². The van der Waals surface area contributed by atoms with Crippen LogP contribution in [0.15, 0.2) is 53.4 Å². The largest absolute Gasteiger partial charge is 0.391 e. The van der Waals surface area contributed by atoms with Gasteiger partial charge in [0.2, 0.25) is 0 Å². The van der Waals surface area contributed by atoms with Crippen LogP contribution < -0.4 is 15.5 Å². The molecular formula is C32H39F5N4O4S. The highest BCUT2D eigenvalue weighted by molar-refractivity contribution is 7.91. The van der Waals surface area contributed by atoms with Crippen LogP contribution in [0.1, 0.15) is 67.4 Å². The summed E-state index contributed by atoms with van der Waals surface area (Å²) in [6.07, 6.45) is -2.51. The van der Waals surface area contributed by atoms with E-state index in [0.29, 0.717) is 49.2 Å². The zero-order valence-corrected chi connectivity index (χ0v) is 26.3. The third-order valence-electron chi connectivity index (χ3n) is 8.92. The number of alkyl halides is 5. The van der Waals surface area contributed by atoms with E-state index in [0.717, 1.165) is 0 Å². The molecule has 14 heteroatoms. The van der Waals surface area contributed by atoms with Gasteiger partial charge in [-0.25, -0.2) is 8.42 Å². The SMILES string of the molecule is CCS(=O)(=O)c1ccc([C@H](CC#N)NC(=O)c2ccc(N3C[C@@H](NCC4CCC(C(F)(F)F)CC4)C[C@H]3COC(F)F)cc2)cc1. The van der Waals surface area contributed by atoms with E-state index in [2.05, 4.69) is 15.4 Å². The Morgan fingerprint density at radius 3 is 2.28 bits per heavy atom. The monoisotopic (exact) mass is 670 g/mol. The van der Waals surface area contributed by atoms with Crippen molar-refractivity contribution in [1.29, 1.82) is 5.26 Å². The zero-order valence-electron chi connectivity index (χ0n) is 25.5. The van der Waals surface area contributed by atoms with Gasteiger partial charge in [-0.2, -0.15) is 27.2 Å². The fourth-order valence-corrected chi connectivity index (χ4v) is 7.10. The van der Waals surface area contributed by atoms with Crippen LogP contribution in [0.5, 0.6) is 0 Å². The van der Waals surface area contributed by atoms with Gasteiger partial charge in [0.25, 0.3) is 5.91 Å². The van der Waals surface area contributed by atoms with Crippen LogP contribution in [0, 0.1) is 23.2 Å². The van der Waals surface area contributed by atoms with E-state index in [4.69, 9.17) is 0 Å². The molecule has 46 heavy (non-hydrogen) atoms. The topological polar surface area (TPSA) is 112 Å². The normalized spacial score (nSPS) is 22.9. The highest BCUT2D eigenvalue weighted by Crippen LogP contribution is 2.39. The number of carbonyl (C=O) groups excluding carboxylic acids is 1. The number of nitriles is 1. The standard InChI is InChI=1S/C32H39F5N4O4S/c1-2-46(43,44)28-13-7-22(8-14-28)29(15-16-38)40-30(42)23-5-11-26(12-6-23)41-19-25(17-27(41)20-45-31(33)34)39-18-21-3-9-24(10-4-21)32(35,36)37/h5-8,11-14,21,24-25,27,29,31,39H,2-4,9-10,15,17-20H2,1H3,(H,40,42)/t21?,24?,25-,27-,29-/m0/s1. The van der Waals surface area contributed by atoms with Crippen molar-refractivity contribution >= 4 is 21.4 Å². The second kappa shape index (κ2) is 15.5. The minimum atomic E-state index is -4.16. The molecule has 1 aliphatic heterocycles. The van der Waals surface area contributed by atoms with Gasteiger partial charge in [0.05, 0.1) is 47.7 Å². The number of nitrogens with one attached hydrogen (secondary N) is 2. The number of hydrogen-bond donors (Lipinski definition) is 2. The van der Waals surface area contributed by atoms with Crippen LogP contribution in [0.4, 0.5) is 27.6 Å². The summed E-state index contributed by atoms with van der Waals surface area (Å²) in [4.78, 5) is 15.2. The van der Waals surface area contributed by atoms with E-state index < -0.39 is 40.5 Å². The van der Waals surface area contributed by atoms with Crippen molar-refractivity contribution in [3.63, 3.8) is 0 Å². The summed E-state index contributed by atoms with van der Waals surface area (Å²) < 4.78 is 93.8. The first kappa shape index (κ1) is 35.6. The number of halogens is 5. The van der Waals surface area contributed by atoms with E-state index in [-0.39, 0.29) is 54.5 Å². The van der Waals surface area contributed by atoms with Crippen LogP contribution in [-0.4, -0.2) is 64.6 Å². The highest BCUT2D eigenvalue weighted by atomic mass is 32.2. The van der Waals surface area contributed by atoms with E-state index in [1.807, 2.05) is 11.0 Å². The Bertz CT molecular complexity index is 1440. The fourth-order valence-electron chi connectivity index (χ4n) is 6.21. The molecule has 3 atom stereocenters. The van der Waals surface area contributed by atoms with Gasteiger partial charge < -0.3 is 20.3 Å². The van der Waals surface area contributed by atoms with Gasteiger partial charge >= 0.3 is 12.8 Å². The zero-order chi connectivity index (χ0) is 33.5. The average Bonchev–Trinajstić information content (AvgIpc) is 3.45. The molecule has 0 spiro atoms. The molecule has 1 saturated carbocycles. The van der Waals surface area contributed by atoms with Crippen molar-refractivity contribution < 1.29 is 39.9 Å². The second-order valence-corrected chi connectivity index (χ2v) is 14.2. The smallest absolute Gasteiger partial charge is 0.365 e. The number of ether oxygens (including phenoxy) is 1. The number of rotatable bonds is 13. The summed E-state index contributed by atoms with van der Waals surface area (Å²) in [5.74, 6) is -1.63. The minimum Gasteiger partial charge on any atom is -0.365 e. The number of nitrogens with zero attached hydrogens (tertiary/aromatic N) is 2. The van der Waals surface area contributed by atoms with Gasteiger partial charge in [0, 0.05) is 23.8 Å². The van der Waals surface area contributed by atoms with Gasteiger partial charge in [-0.05, 0) is 86.5 Å². The molecule has 2 aromatic rings. The quantitative estimate of drug-likeness (QED) is 0.251. The van der Waals surface area contributed by atoms with Crippen LogP contribution in [-0.2, 0) is 14.6 Å². The molecule has 0 aromatic heterocycles. The van der Waals surface area contributed by atoms with E-state index in [1.165, 1.54) is 12.1 Å². The van der Waals surface area contributed by atoms with Crippen molar-refractivity contribution in [2.45, 2.75) is 81.3 Å². The predicted molar refractivity (Wildman–Crippen MR) is 162 cm³/mol. The summed E-state index contributed by atoms with van der Waals surface area (Å²) >= 11 is 0. The molecule has 2 aliphatic rings. The molecule has 2 fully saturated rings. The Labute approximate surface area is 266 Å². The Morgan fingerprint density at radius 2 is 1.72 bits per heavy atom. The number of amides is 1. The van der Waals surface area contributed by atoms with Crippen LogP contribution in [0.2, 0.25) is 0 Å². The molecule has 4 rings (SSSR count). The summed E-state index contributed by atoms with van der Waals surface area (Å²) in [7, 11) is -3.40. The summed E-state index contributed by atoms with van der Waals surface area (Å²) in [5, 5.41) is 15.6. The third kappa shape index (κ3) is 9.39. The van der Waals surface area contributed by atoms with Crippen LogP contribution in [0.3, 0.4) is 0 Å². The Kier molecular flexibility index (Phi) is 12.0. The Morgan fingerprint density at radius 1 is 1.07 bits per heavy atom. The molecule has 0 radical (unpaired) electrons. The predicted octanol–water partition coefficient (Wildman–Crippen LogP) is 6.01. The first-order valence-electron chi connectivity index (χ1n) is 15.4. The molecule has 0 bridgehead atoms. The Balaban J connectivity index is 1.38. The van der Waals surface area contributed by atoms with Crippen LogP contribution >= 0.6 is 0 Å². The highest BCUT2D eigenvalue weighted by Gasteiger charge is 2.41. The lowest BCUT2D eigenvalue weighted by Crippen LogP contribution is -2.38. The molecule has 252 valence electrons. The first-order valence-corrected chi connectivity index (χ1v) is 17.0. The molecule has 1 amide bonds. The lowest BCUT2D eigenvalue weighted by molar-refractivity contribution is -0.183. The molecule has 1 aliphatic carbocycles. The number of sulfone groups is 1. The molecular weight excluding hydrogens is 631 g/mol. The fraction of sp³-hybridized carbons (Fsp3) is 0.562. The van der Waals surface area contributed by atoms with E-state index in [1.54, 1.807) is 43.3 Å². The third-order valence-corrected chi connectivity index (χ3v) is 10.7. The minimum absolute atomic E-state index is 0.0402. The maximum Gasteiger partial charge on any atom is 0.391 e. The maximum atomic E-state index is 13.1. The van der Waals surface area contributed by atoms with Crippen molar-refractivity contribution in [2.75, 3.05) is 30.3 Å². The van der Waals surface area contributed by atoms with Gasteiger partial charge in [-0.3, -0.25) is 4.79 Å². The first-order chi connectivity index (χ1) is 21.8. The van der Waals surface area contributed by atoms with E-state index >= 15 is 0 Å². The molecule has 1 saturated heterocycles. The maximum absolute atomic E-state index is 13.1. The van der Waals surface area contributed by atoms with Gasteiger partial charge in [0.1, 0.15) is 0 Å². The van der Waals surface area contributed by atoms with Gasteiger partial charge in [0.15, 0.2) is 9.84 Å². The number of hydrogen-bond acceptors (Lipinski definition) is 7. The molecule has 8 nitrogen and oxygen atoms in total. The summed E-state index contributed by atoms with van der Waals surface area (Å²) in [5.41, 5.74) is 1.57. The van der Waals surface area contributed by atoms with E-state index in [9.17, 15) is 40.4 Å². The van der Waals surface area contributed by atoms with Gasteiger partial charge in [-0.15, -0.1) is 0 Å².